The number of piperidine rings is 1. The molecule has 1 amide bonds. The van der Waals surface area contributed by atoms with Gasteiger partial charge in [-0.05, 0) is 68.5 Å². The maximum atomic E-state index is 13.2. The molecule has 2 aromatic rings. The second-order valence-electron chi connectivity index (χ2n) is 10.2. The van der Waals surface area contributed by atoms with Gasteiger partial charge in [-0.25, -0.2) is 21.9 Å². The van der Waals surface area contributed by atoms with E-state index >= 15 is 0 Å². The summed E-state index contributed by atoms with van der Waals surface area (Å²) in [6, 6.07) is 7.49. The van der Waals surface area contributed by atoms with Crippen molar-refractivity contribution in [3.05, 3.63) is 89.5 Å². The zero-order chi connectivity index (χ0) is 32.5. The van der Waals surface area contributed by atoms with Gasteiger partial charge in [-0.15, -0.1) is 0 Å². The smallest absolute Gasteiger partial charge is 0.410 e. The van der Waals surface area contributed by atoms with Crippen LogP contribution in [0.5, 0.6) is 5.75 Å². The van der Waals surface area contributed by atoms with Crippen LogP contribution in [0.1, 0.15) is 37.4 Å². The summed E-state index contributed by atoms with van der Waals surface area (Å²) in [5.74, 6) is 0.218. The second kappa shape index (κ2) is 14.7. The third-order valence-corrected chi connectivity index (χ3v) is 9.12. The van der Waals surface area contributed by atoms with Crippen molar-refractivity contribution in [2.24, 2.45) is 0 Å². The number of hydrogen-bond donors (Lipinski definition) is 2. The Balaban J connectivity index is 1.91. The lowest BCUT2D eigenvalue weighted by molar-refractivity contribution is 0.0926. The van der Waals surface area contributed by atoms with Gasteiger partial charge in [0.25, 0.3) is 0 Å². The number of allylic oxidation sites excluding steroid dienone is 3. The van der Waals surface area contributed by atoms with Gasteiger partial charge < -0.3 is 20.3 Å². The van der Waals surface area contributed by atoms with Crippen molar-refractivity contribution in [2.75, 3.05) is 39.5 Å². The van der Waals surface area contributed by atoms with Crippen LogP contribution in [-0.2, 0) is 15.6 Å². The van der Waals surface area contributed by atoms with Crippen molar-refractivity contribution in [1.29, 1.82) is 5.26 Å². The van der Waals surface area contributed by atoms with Crippen LogP contribution in [0.25, 0.3) is 12.2 Å². The van der Waals surface area contributed by atoms with Crippen LogP contribution in [0, 0.1) is 17.1 Å². The zero-order valence-electron chi connectivity index (χ0n) is 25.4. The fraction of sp³-hybridized carbons (Fsp3) is 0.323. The number of amides is 1. The van der Waals surface area contributed by atoms with Gasteiger partial charge in [0.05, 0.1) is 28.6 Å². The quantitative estimate of drug-likeness (QED) is 0.315. The lowest BCUT2D eigenvalue weighted by Crippen LogP contribution is -2.49. The third-order valence-electron chi connectivity index (χ3n) is 7.19. The molecule has 0 spiro atoms. The number of benzene rings is 1. The molecule has 2 N–H and O–H groups in total. The number of likely N-dealkylation sites (tertiary alicyclic amines) is 1. The first-order valence-electron chi connectivity index (χ1n) is 13.8. The van der Waals surface area contributed by atoms with E-state index in [-0.39, 0.29) is 17.1 Å². The van der Waals surface area contributed by atoms with Gasteiger partial charge in [0.15, 0.2) is 5.82 Å². The monoisotopic (exact) mass is 623 g/mol. The molecule has 1 aromatic carbocycles. The molecule has 2 heterocycles. The Morgan fingerprint density at radius 1 is 1.25 bits per heavy atom. The molecule has 0 bridgehead atoms. The van der Waals surface area contributed by atoms with Gasteiger partial charge in [-0.2, -0.15) is 10.4 Å². The van der Waals surface area contributed by atoms with Crippen LogP contribution in [-0.4, -0.2) is 67.7 Å². The largest absolute Gasteiger partial charge is 0.415 e. The number of ether oxygens (including phenoxy) is 1. The summed E-state index contributed by atoms with van der Waals surface area (Å²) >= 11 is 0. The molecule has 3 rings (SSSR count). The first kappa shape index (κ1) is 33.8. The molecular formula is C31H38FN7O4S. The normalized spacial score (nSPS) is 15.4. The van der Waals surface area contributed by atoms with E-state index in [4.69, 9.17) is 9.84 Å². The fourth-order valence-corrected chi connectivity index (χ4v) is 5.68. The van der Waals surface area contributed by atoms with Gasteiger partial charge in [0, 0.05) is 45.5 Å². The summed E-state index contributed by atoms with van der Waals surface area (Å²) in [7, 11) is 1.03. The predicted octanol–water partition coefficient (Wildman–Crippen LogP) is 5.04. The topological polar surface area (TPSA) is 133 Å². The third kappa shape index (κ3) is 7.64. The average Bonchev–Trinajstić information content (AvgIpc) is 3.34. The highest BCUT2D eigenvalue weighted by Gasteiger charge is 2.41. The Labute approximate surface area is 258 Å². The van der Waals surface area contributed by atoms with Gasteiger partial charge >= 0.3 is 6.09 Å². The summed E-state index contributed by atoms with van der Waals surface area (Å²) in [5, 5.41) is 20.8. The highest BCUT2D eigenvalue weighted by atomic mass is 32.2. The van der Waals surface area contributed by atoms with Crippen LogP contribution < -0.4 is 15.4 Å². The average molecular weight is 624 g/mol. The predicted molar refractivity (Wildman–Crippen MR) is 170 cm³/mol. The lowest BCUT2D eigenvalue weighted by atomic mass is 9.84. The standard InChI is InChI=1S/C31H38FN7O4S/c1-7-26(44(41,42)37(5)6)14-9-23(3)35-29-27(8-2)28(15-20-34-4)39(36-29)31(16-19-33)17-21-38(22-18-31)30(40)43-25-12-10-24(32)11-13-25/h7-15,20,34H,2-3,16-18,21-22H2,1,4-6H3,(H,35,36)/b14-9-,20-15-,26-7+. The summed E-state index contributed by atoms with van der Waals surface area (Å²) in [4.78, 5) is 14.5. The van der Waals surface area contributed by atoms with E-state index in [2.05, 4.69) is 29.9 Å². The number of aromatic nitrogens is 2. The Bertz CT molecular complexity index is 1610. The van der Waals surface area contributed by atoms with Crippen LogP contribution in [0.3, 0.4) is 0 Å². The van der Waals surface area contributed by atoms with E-state index in [9.17, 15) is 22.9 Å². The highest BCUT2D eigenvalue weighted by Crippen LogP contribution is 2.38. The van der Waals surface area contributed by atoms with Crippen LogP contribution in [0.2, 0.25) is 0 Å². The van der Waals surface area contributed by atoms with Gasteiger partial charge in [0.1, 0.15) is 11.6 Å². The molecule has 44 heavy (non-hydrogen) atoms. The molecule has 1 aliphatic heterocycles. The van der Waals surface area contributed by atoms with E-state index in [1.165, 1.54) is 50.5 Å². The van der Waals surface area contributed by atoms with E-state index < -0.39 is 27.5 Å². The first-order chi connectivity index (χ1) is 20.9. The van der Waals surface area contributed by atoms with E-state index in [0.29, 0.717) is 48.7 Å². The Morgan fingerprint density at radius 3 is 2.45 bits per heavy atom. The van der Waals surface area contributed by atoms with E-state index in [1.807, 2.05) is 6.08 Å². The van der Waals surface area contributed by atoms with Crippen molar-refractivity contribution in [1.82, 2.24) is 24.3 Å². The van der Waals surface area contributed by atoms with Gasteiger partial charge in [-0.3, -0.25) is 4.68 Å². The fourth-order valence-electron chi connectivity index (χ4n) is 4.72. The van der Waals surface area contributed by atoms with E-state index in [1.54, 1.807) is 41.9 Å². The molecule has 0 unspecified atom stereocenters. The van der Waals surface area contributed by atoms with Crippen molar-refractivity contribution in [2.45, 2.75) is 31.7 Å². The second-order valence-corrected chi connectivity index (χ2v) is 12.4. The number of sulfonamides is 1. The molecule has 1 fully saturated rings. The van der Waals surface area contributed by atoms with Crippen molar-refractivity contribution in [3.8, 4) is 11.8 Å². The molecular weight excluding hydrogens is 585 g/mol. The number of carbonyl (C=O) groups excluding carboxylic acids is 1. The number of nitrogens with one attached hydrogen (secondary N) is 2. The van der Waals surface area contributed by atoms with Crippen molar-refractivity contribution in [3.63, 3.8) is 0 Å². The highest BCUT2D eigenvalue weighted by molar-refractivity contribution is 7.93. The summed E-state index contributed by atoms with van der Waals surface area (Å²) in [6.07, 6.45) is 10.1. The maximum absolute atomic E-state index is 13.2. The van der Waals surface area contributed by atoms with Crippen LogP contribution in [0.4, 0.5) is 15.0 Å². The minimum atomic E-state index is -3.64. The van der Waals surface area contributed by atoms with Crippen LogP contribution in [0.15, 0.2) is 72.5 Å². The molecule has 1 aliphatic rings. The lowest BCUT2D eigenvalue weighted by Gasteiger charge is -2.40. The minimum Gasteiger partial charge on any atom is -0.410 e. The molecule has 0 atom stereocenters. The Morgan fingerprint density at radius 2 is 1.91 bits per heavy atom. The van der Waals surface area contributed by atoms with Gasteiger partial charge in [0.2, 0.25) is 10.0 Å². The molecule has 1 saturated heterocycles. The Hall–Kier alpha value is -4.67. The number of nitriles is 1. The number of hydrogen-bond acceptors (Lipinski definition) is 8. The SMILES string of the molecule is C=Cc1c(NC(=C)/C=C\C(=C/C)S(=O)(=O)N(C)C)nn(C2(CC#N)CCN(C(=O)Oc3ccc(F)cc3)CC2)c1/C=C\NC. The number of rotatable bonds is 12. The molecule has 1 aromatic heterocycles. The number of carbonyl (C=O) groups is 1. The molecule has 0 radical (unpaired) electrons. The summed E-state index contributed by atoms with van der Waals surface area (Å²) in [5.41, 5.74) is 0.939. The van der Waals surface area contributed by atoms with Crippen LogP contribution >= 0.6 is 0 Å². The minimum absolute atomic E-state index is 0.107. The molecule has 234 valence electrons. The number of halogens is 1. The summed E-state index contributed by atoms with van der Waals surface area (Å²) < 4.78 is 46.7. The number of anilines is 1. The van der Waals surface area contributed by atoms with Crippen molar-refractivity contribution < 1.29 is 22.3 Å². The first-order valence-corrected chi connectivity index (χ1v) is 15.3. The molecule has 13 heteroatoms. The van der Waals surface area contributed by atoms with E-state index in [0.717, 1.165) is 4.31 Å². The van der Waals surface area contributed by atoms with Crippen molar-refractivity contribution >= 4 is 34.1 Å². The molecule has 0 aliphatic carbocycles. The molecule has 0 saturated carbocycles. The summed E-state index contributed by atoms with van der Waals surface area (Å²) in [6.45, 7) is 10.2. The zero-order valence-corrected chi connectivity index (χ0v) is 26.2. The maximum Gasteiger partial charge on any atom is 0.415 e. The van der Waals surface area contributed by atoms with Gasteiger partial charge in [-0.1, -0.05) is 25.3 Å². The number of nitrogens with zero attached hydrogens (tertiary/aromatic N) is 5. The molecule has 11 nitrogen and oxygen atoms in total. The Kier molecular flexibility index (Phi) is 11.3.